The zero-order valence-corrected chi connectivity index (χ0v) is 20.8. The number of hydrogen-bond acceptors (Lipinski definition) is 3. The van der Waals surface area contributed by atoms with Gasteiger partial charge in [0.05, 0.1) is 22.7 Å². The van der Waals surface area contributed by atoms with E-state index in [0.29, 0.717) is 17.6 Å². The lowest BCUT2D eigenvalue weighted by atomic mass is 10.1. The van der Waals surface area contributed by atoms with Gasteiger partial charge in [-0.3, -0.25) is 4.79 Å². The molecule has 198 valence electrons. The molecule has 6 aromatic rings. The van der Waals surface area contributed by atoms with Crippen LogP contribution in [0.2, 0.25) is 0 Å². The second kappa shape index (κ2) is 9.92. The Morgan fingerprint density at radius 3 is 2.35 bits per heavy atom. The van der Waals surface area contributed by atoms with Gasteiger partial charge in [-0.1, -0.05) is 54.6 Å². The van der Waals surface area contributed by atoms with E-state index in [9.17, 15) is 22.4 Å². The first kappa shape index (κ1) is 25.2. The quantitative estimate of drug-likeness (QED) is 0.173. The molecule has 0 saturated heterocycles. The first-order chi connectivity index (χ1) is 19.3. The fourth-order valence-corrected chi connectivity index (χ4v) is 4.67. The van der Waals surface area contributed by atoms with Crippen LogP contribution in [0.25, 0.3) is 33.2 Å². The molecule has 5 nitrogen and oxygen atoms in total. The number of halogens is 4. The number of aromatic nitrogens is 3. The molecule has 0 fully saturated rings. The van der Waals surface area contributed by atoms with Gasteiger partial charge in [-0.15, -0.1) is 0 Å². The van der Waals surface area contributed by atoms with Crippen LogP contribution >= 0.6 is 0 Å². The van der Waals surface area contributed by atoms with E-state index in [1.807, 2.05) is 35.0 Å². The highest BCUT2D eigenvalue weighted by atomic mass is 19.4. The normalized spacial score (nSPS) is 12.1. The number of fused-ring (bicyclic) bond motifs is 2. The van der Waals surface area contributed by atoms with Crippen LogP contribution < -0.4 is 5.56 Å². The lowest BCUT2D eigenvalue weighted by molar-refractivity contribution is -0.137. The molecule has 6 rings (SSSR count). The van der Waals surface area contributed by atoms with E-state index in [2.05, 4.69) is 10.1 Å². The maximum atomic E-state index is 13.5. The van der Waals surface area contributed by atoms with Crippen LogP contribution in [0.3, 0.4) is 0 Å². The lowest BCUT2D eigenvalue weighted by Gasteiger charge is -2.12. The molecule has 0 atom stereocenters. The molecule has 0 aliphatic heterocycles. The smallest absolute Gasteiger partial charge is 0.342 e. The van der Waals surface area contributed by atoms with Crippen molar-refractivity contribution in [3.8, 4) is 11.4 Å². The van der Waals surface area contributed by atoms with E-state index in [1.165, 1.54) is 30.5 Å². The maximum Gasteiger partial charge on any atom is 0.416 e. The standard InChI is InChI=1S/C31H20F4N4O/c32-24-14-12-20(13-15-24)18-38-19-22(25-8-2-4-11-28(25)38)17-36-39-29(21-6-5-7-23(16-21)31(33,34)35)37-27-10-3-1-9-26(27)30(39)40/h1-17,19H,18H2. The molecule has 0 N–H and O–H groups in total. The highest BCUT2D eigenvalue weighted by Crippen LogP contribution is 2.32. The molecule has 2 heterocycles. The number of para-hydroxylation sites is 2. The van der Waals surface area contributed by atoms with Gasteiger partial charge in [0.1, 0.15) is 5.82 Å². The minimum absolute atomic E-state index is 0.0129. The summed E-state index contributed by atoms with van der Waals surface area (Å²) < 4.78 is 56.8. The Morgan fingerprint density at radius 1 is 0.850 bits per heavy atom. The van der Waals surface area contributed by atoms with Crippen molar-refractivity contribution in [3.63, 3.8) is 0 Å². The molecule has 9 heteroatoms. The number of hydrogen-bond donors (Lipinski definition) is 0. The van der Waals surface area contributed by atoms with Crippen LogP contribution in [0.5, 0.6) is 0 Å². The molecule has 40 heavy (non-hydrogen) atoms. The third-order valence-corrected chi connectivity index (χ3v) is 6.60. The highest BCUT2D eigenvalue weighted by Gasteiger charge is 2.31. The van der Waals surface area contributed by atoms with Crippen LogP contribution in [0, 0.1) is 5.82 Å². The summed E-state index contributed by atoms with van der Waals surface area (Å²) in [5.41, 5.74) is 1.57. The van der Waals surface area contributed by atoms with Crippen LogP contribution in [0.15, 0.2) is 113 Å². The van der Waals surface area contributed by atoms with Gasteiger partial charge in [0, 0.05) is 34.8 Å². The van der Waals surface area contributed by atoms with E-state index in [4.69, 9.17) is 0 Å². The summed E-state index contributed by atoms with van der Waals surface area (Å²) in [6.07, 6.45) is -1.20. The molecular formula is C31H20F4N4O. The summed E-state index contributed by atoms with van der Waals surface area (Å²) in [7, 11) is 0. The van der Waals surface area contributed by atoms with E-state index < -0.39 is 17.3 Å². The van der Waals surface area contributed by atoms with Crippen LogP contribution in [-0.4, -0.2) is 20.4 Å². The Kier molecular flexibility index (Phi) is 6.26. The zero-order valence-electron chi connectivity index (χ0n) is 20.8. The summed E-state index contributed by atoms with van der Waals surface area (Å²) in [6.45, 7) is 0.474. The molecule has 0 unspecified atom stereocenters. The maximum absolute atomic E-state index is 13.5. The minimum Gasteiger partial charge on any atom is -0.342 e. The van der Waals surface area contributed by atoms with E-state index in [1.54, 1.807) is 36.4 Å². The van der Waals surface area contributed by atoms with Gasteiger partial charge >= 0.3 is 6.18 Å². The average molecular weight is 541 g/mol. The Bertz CT molecular complexity index is 1950. The van der Waals surface area contributed by atoms with Gasteiger partial charge < -0.3 is 4.57 Å². The average Bonchev–Trinajstić information content (AvgIpc) is 3.30. The molecule has 0 aliphatic carbocycles. The monoisotopic (exact) mass is 540 g/mol. The summed E-state index contributed by atoms with van der Waals surface area (Å²) in [5, 5.41) is 5.59. The van der Waals surface area contributed by atoms with Crippen LogP contribution in [-0.2, 0) is 12.7 Å². The Labute approximate surface area is 225 Å². The van der Waals surface area contributed by atoms with E-state index in [0.717, 1.165) is 33.3 Å². The van der Waals surface area contributed by atoms with Gasteiger partial charge in [-0.05, 0) is 48.0 Å². The van der Waals surface area contributed by atoms with E-state index >= 15 is 0 Å². The molecule has 2 aromatic heterocycles. The van der Waals surface area contributed by atoms with Crippen molar-refractivity contribution in [3.05, 3.63) is 136 Å². The largest absolute Gasteiger partial charge is 0.416 e. The first-order valence-electron chi connectivity index (χ1n) is 12.3. The number of benzene rings is 4. The summed E-state index contributed by atoms with van der Waals surface area (Å²) in [4.78, 5) is 18.0. The summed E-state index contributed by atoms with van der Waals surface area (Å²) in [6, 6.07) is 25.1. The molecular weight excluding hydrogens is 520 g/mol. The SMILES string of the molecule is O=c1c2ccccc2nc(-c2cccc(C(F)(F)F)c2)n1N=Cc1cn(Cc2ccc(F)cc2)c2ccccc12. The van der Waals surface area contributed by atoms with Gasteiger partial charge in [0.25, 0.3) is 5.56 Å². The molecule has 0 saturated carbocycles. The minimum atomic E-state index is -4.56. The second-order valence-electron chi connectivity index (χ2n) is 9.25. The molecule has 0 spiro atoms. The van der Waals surface area contributed by atoms with Crippen molar-refractivity contribution in [1.29, 1.82) is 0 Å². The Hall–Kier alpha value is -5.05. The topological polar surface area (TPSA) is 52.2 Å². The second-order valence-corrected chi connectivity index (χ2v) is 9.25. The number of alkyl halides is 3. The van der Waals surface area contributed by atoms with Crippen molar-refractivity contribution in [1.82, 2.24) is 14.2 Å². The molecule has 0 aliphatic rings. The summed E-state index contributed by atoms with van der Waals surface area (Å²) >= 11 is 0. The fraction of sp³-hybridized carbons (Fsp3) is 0.0645. The van der Waals surface area contributed by atoms with Gasteiger partial charge in [0.15, 0.2) is 5.82 Å². The predicted molar refractivity (Wildman–Crippen MR) is 147 cm³/mol. The van der Waals surface area contributed by atoms with Crippen LogP contribution in [0.1, 0.15) is 16.7 Å². The molecule has 0 radical (unpaired) electrons. The van der Waals surface area contributed by atoms with Gasteiger partial charge in [-0.2, -0.15) is 22.9 Å². The van der Waals surface area contributed by atoms with Gasteiger partial charge in [0.2, 0.25) is 0 Å². The molecule has 0 amide bonds. The van der Waals surface area contributed by atoms with Crippen molar-refractivity contribution >= 4 is 28.0 Å². The van der Waals surface area contributed by atoms with Crippen molar-refractivity contribution in [2.24, 2.45) is 5.10 Å². The lowest BCUT2D eigenvalue weighted by Crippen LogP contribution is -2.20. The summed E-state index contributed by atoms with van der Waals surface area (Å²) in [5.74, 6) is -0.332. The van der Waals surface area contributed by atoms with Crippen molar-refractivity contribution < 1.29 is 17.6 Å². The third-order valence-electron chi connectivity index (χ3n) is 6.60. The zero-order chi connectivity index (χ0) is 27.9. The Balaban J connectivity index is 1.49. The third kappa shape index (κ3) is 4.77. The van der Waals surface area contributed by atoms with Crippen LogP contribution in [0.4, 0.5) is 17.6 Å². The fourth-order valence-electron chi connectivity index (χ4n) is 4.67. The Morgan fingerprint density at radius 2 is 1.57 bits per heavy atom. The number of nitrogens with zero attached hydrogens (tertiary/aromatic N) is 4. The van der Waals surface area contributed by atoms with Crippen molar-refractivity contribution in [2.45, 2.75) is 12.7 Å². The number of rotatable bonds is 5. The van der Waals surface area contributed by atoms with Crippen molar-refractivity contribution in [2.75, 3.05) is 0 Å². The highest BCUT2D eigenvalue weighted by molar-refractivity contribution is 5.99. The van der Waals surface area contributed by atoms with E-state index in [-0.39, 0.29) is 22.6 Å². The molecule has 4 aromatic carbocycles. The first-order valence-corrected chi connectivity index (χ1v) is 12.3. The molecule has 0 bridgehead atoms. The predicted octanol–water partition coefficient (Wildman–Crippen LogP) is 7.11. The van der Waals surface area contributed by atoms with Gasteiger partial charge in [-0.25, -0.2) is 9.37 Å².